The molecule has 3 aromatic rings. The number of nitrogens with two attached hydrogens (primary N) is 1. The fraction of sp³-hybridized carbons (Fsp3) is 0.250. The van der Waals surface area contributed by atoms with Crippen molar-refractivity contribution in [1.29, 1.82) is 0 Å². The molecule has 0 spiro atoms. The number of benzene rings is 2. The van der Waals surface area contributed by atoms with E-state index >= 15 is 0 Å². The van der Waals surface area contributed by atoms with E-state index in [-0.39, 0.29) is 18.3 Å². The molecule has 0 aliphatic heterocycles. The van der Waals surface area contributed by atoms with Gasteiger partial charge in [-0.25, -0.2) is 0 Å². The molecule has 0 bridgehead atoms. The van der Waals surface area contributed by atoms with Crippen molar-refractivity contribution >= 4 is 29.2 Å². The summed E-state index contributed by atoms with van der Waals surface area (Å²) in [4.78, 5) is 15.5. The third-order valence-corrected chi connectivity index (χ3v) is 4.34. The molecular weight excluding hydrogens is 350 g/mol. The predicted molar refractivity (Wildman–Crippen MR) is 107 cm³/mol. The molecule has 1 amide bonds. The van der Waals surface area contributed by atoms with Crippen LogP contribution in [0.5, 0.6) is 5.75 Å². The Hall–Kier alpha value is -2.50. The van der Waals surface area contributed by atoms with E-state index in [9.17, 15) is 4.79 Å². The van der Waals surface area contributed by atoms with Crippen molar-refractivity contribution in [2.24, 2.45) is 5.73 Å². The van der Waals surface area contributed by atoms with Crippen LogP contribution < -0.4 is 15.8 Å². The third kappa shape index (κ3) is 4.56. The van der Waals surface area contributed by atoms with E-state index in [0.29, 0.717) is 19.4 Å². The normalized spacial score (nSPS) is 11.6. The largest absolute Gasteiger partial charge is 0.496 e. The van der Waals surface area contributed by atoms with Crippen LogP contribution in [0, 0.1) is 0 Å². The highest BCUT2D eigenvalue weighted by molar-refractivity contribution is 5.86. The molecule has 5 nitrogen and oxygen atoms in total. The molecule has 3 rings (SSSR count). The average molecular weight is 374 g/mol. The number of aromatic nitrogens is 1. The number of H-pyrrole nitrogens is 1. The second-order valence-electron chi connectivity index (χ2n) is 6.02. The van der Waals surface area contributed by atoms with Crippen LogP contribution in [-0.4, -0.2) is 30.6 Å². The Labute approximate surface area is 159 Å². The maximum absolute atomic E-state index is 12.3. The molecule has 2 aromatic carbocycles. The third-order valence-electron chi connectivity index (χ3n) is 4.34. The lowest BCUT2D eigenvalue weighted by molar-refractivity contribution is -0.122. The molecule has 0 unspecified atom stereocenters. The molecule has 0 aliphatic carbocycles. The number of ether oxygens (including phenoxy) is 1. The standard InChI is InChI=1S/C20H23N3O2.ClH/c1-25-19-9-5-2-6-14(19)10-11-22-20(24)17(21)12-15-13-23-18-8-4-3-7-16(15)18;/h2-9,13,17,23H,10-12,21H2,1H3,(H,22,24);1H/t17-;/m0./s1. The first kappa shape index (κ1) is 19.8. The van der Waals surface area contributed by atoms with Gasteiger partial charge in [-0.1, -0.05) is 36.4 Å². The molecule has 0 saturated heterocycles. The summed E-state index contributed by atoms with van der Waals surface area (Å²) in [6.07, 6.45) is 3.13. The van der Waals surface area contributed by atoms with Crippen molar-refractivity contribution in [3.63, 3.8) is 0 Å². The number of carbonyl (C=O) groups excluding carboxylic acids is 1. The summed E-state index contributed by atoms with van der Waals surface area (Å²) in [5.74, 6) is 0.694. The highest BCUT2D eigenvalue weighted by Crippen LogP contribution is 2.19. The summed E-state index contributed by atoms with van der Waals surface area (Å²) in [7, 11) is 1.65. The maximum Gasteiger partial charge on any atom is 0.237 e. The number of halogens is 1. The second-order valence-corrected chi connectivity index (χ2v) is 6.02. The monoisotopic (exact) mass is 373 g/mol. The number of hydrogen-bond acceptors (Lipinski definition) is 3. The molecular formula is C20H24ClN3O2. The van der Waals surface area contributed by atoms with Gasteiger partial charge in [0.05, 0.1) is 13.2 Å². The Balaban J connectivity index is 0.00000243. The molecule has 1 aromatic heterocycles. The lowest BCUT2D eigenvalue weighted by Gasteiger charge is -2.13. The van der Waals surface area contributed by atoms with Crippen molar-refractivity contribution in [3.05, 3.63) is 65.9 Å². The van der Waals surface area contributed by atoms with Gasteiger partial charge in [0.15, 0.2) is 0 Å². The fourth-order valence-electron chi connectivity index (χ4n) is 2.99. The molecule has 1 atom stereocenters. The van der Waals surface area contributed by atoms with Gasteiger partial charge in [-0.05, 0) is 36.1 Å². The number of nitrogens with one attached hydrogen (secondary N) is 2. The zero-order chi connectivity index (χ0) is 17.6. The first-order valence-electron chi connectivity index (χ1n) is 8.39. The fourth-order valence-corrected chi connectivity index (χ4v) is 2.99. The SMILES string of the molecule is COc1ccccc1CCNC(=O)[C@@H](N)Cc1c[nH]c2ccccc12.Cl. The maximum atomic E-state index is 12.3. The van der Waals surface area contributed by atoms with Gasteiger partial charge >= 0.3 is 0 Å². The molecule has 0 saturated carbocycles. The van der Waals surface area contributed by atoms with E-state index in [0.717, 1.165) is 27.8 Å². The van der Waals surface area contributed by atoms with Crippen LogP contribution in [0.15, 0.2) is 54.7 Å². The summed E-state index contributed by atoms with van der Waals surface area (Å²) in [6.45, 7) is 0.529. The Morgan fingerprint density at radius 2 is 1.88 bits per heavy atom. The van der Waals surface area contributed by atoms with Crippen LogP contribution in [0.4, 0.5) is 0 Å². The van der Waals surface area contributed by atoms with E-state index in [1.54, 1.807) is 7.11 Å². The van der Waals surface area contributed by atoms with Gasteiger partial charge in [0.2, 0.25) is 5.91 Å². The van der Waals surface area contributed by atoms with E-state index in [1.165, 1.54) is 0 Å². The van der Waals surface area contributed by atoms with Crippen molar-refractivity contribution in [2.75, 3.05) is 13.7 Å². The van der Waals surface area contributed by atoms with Gasteiger partial charge in [-0.2, -0.15) is 0 Å². The summed E-state index contributed by atoms with van der Waals surface area (Å²) < 4.78 is 5.32. The molecule has 1 heterocycles. The number of hydrogen-bond donors (Lipinski definition) is 3. The number of methoxy groups -OCH3 is 1. The number of amides is 1. The van der Waals surface area contributed by atoms with E-state index in [1.807, 2.05) is 54.7 Å². The number of rotatable bonds is 7. The lowest BCUT2D eigenvalue weighted by Crippen LogP contribution is -2.42. The van der Waals surface area contributed by atoms with Crippen LogP contribution in [0.1, 0.15) is 11.1 Å². The molecule has 0 fully saturated rings. The Bertz CT molecular complexity index is 863. The van der Waals surface area contributed by atoms with Crippen molar-refractivity contribution in [2.45, 2.75) is 18.9 Å². The van der Waals surface area contributed by atoms with Crippen LogP contribution >= 0.6 is 12.4 Å². The van der Waals surface area contributed by atoms with E-state index in [4.69, 9.17) is 10.5 Å². The molecule has 6 heteroatoms. The smallest absolute Gasteiger partial charge is 0.237 e. The lowest BCUT2D eigenvalue weighted by atomic mass is 10.0. The average Bonchev–Trinajstić information content (AvgIpc) is 3.05. The molecule has 26 heavy (non-hydrogen) atoms. The van der Waals surface area contributed by atoms with E-state index in [2.05, 4.69) is 10.3 Å². The van der Waals surface area contributed by atoms with Crippen LogP contribution in [-0.2, 0) is 17.6 Å². The quantitative estimate of drug-likeness (QED) is 0.595. The zero-order valence-corrected chi connectivity index (χ0v) is 15.5. The summed E-state index contributed by atoms with van der Waals surface area (Å²) in [5, 5.41) is 4.02. The van der Waals surface area contributed by atoms with Crippen molar-refractivity contribution in [3.8, 4) is 5.75 Å². The predicted octanol–water partition coefficient (Wildman–Crippen LogP) is 2.83. The van der Waals surface area contributed by atoms with Gasteiger partial charge in [-0.15, -0.1) is 12.4 Å². The topological polar surface area (TPSA) is 80.1 Å². The minimum absolute atomic E-state index is 0. The summed E-state index contributed by atoms with van der Waals surface area (Å²) in [6, 6.07) is 15.2. The summed E-state index contributed by atoms with van der Waals surface area (Å²) in [5.41, 5.74) is 9.26. The van der Waals surface area contributed by atoms with Crippen molar-refractivity contribution in [1.82, 2.24) is 10.3 Å². The second kappa shape index (κ2) is 9.27. The highest BCUT2D eigenvalue weighted by Gasteiger charge is 2.16. The molecule has 138 valence electrons. The first-order valence-corrected chi connectivity index (χ1v) is 8.39. The minimum Gasteiger partial charge on any atom is -0.496 e. The Kier molecular flexibility index (Phi) is 7.06. The number of carbonyl (C=O) groups is 1. The van der Waals surface area contributed by atoms with Gasteiger partial charge in [0.25, 0.3) is 0 Å². The molecule has 4 N–H and O–H groups in total. The minimum atomic E-state index is -0.572. The van der Waals surface area contributed by atoms with Gasteiger partial charge in [0, 0.05) is 23.6 Å². The molecule has 0 radical (unpaired) electrons. The Morgan fingerprint density at radius 3 is 2.69 bits per heavy atom. The highest BCUT2D eigenvalue weighted by atomic mass is 35.5. The van der Waals surface area contributed by atoms with Crippen LogP contribution in [0.25, 0.3) is 10.9 Å². The van der Waals surface area contributed by atoms with Crippen molar-refractivity contribution < 1.29 is 9.53 Å². The first-order chi connectivity index (χ1) is 12.2. The van der Waals surface area contributed by atoms with E-state index < -0.39 is 6.04 Å². The molecule has 0 aliphatic rings. The van der Waals surface area contributed by atoms with Gasteiger partial charge < -0.3 is 20.8 Å². The van der Waals surface area contributed by atoms with Crippen LogP contribution in [0.3, 0.4) is 0 Å². The number of fused-ring (bicyclic) bond motifs is 1. The van der Waals surface area contributed by atoms with Gasteiger partial charge in [-0.3, -0.25) is 4.79 Å². The summed E-state index contributed by atoms with van der Waals surface area (Å²) >= 11 is 0. The van der Waals surface area contributed by atoms with Crippen LogP contribution in [0.2, 0.25) is 0 Å². The Morgan fingerprint density at radius 1 is 1.15 bits per heavy atom. The van der Waals surface area contributed by atoms with Gasteiger partial charge in [0.1, 0.15) is 5.75 Å². The zero-order valence-electron chi connectivity index (χ0n) is 14.7. The number of aromatic amines is 1. The number of para-hydroxylation sites is 2.